The zero-order chi connectivity index (χ0) is 9.26. The van der Waals surface area contributed by atoms with Gasteiger partial charge in [0.25, 0.3) is 0 Å². The molecule has 0 saturated carbocycles. The minimum absolute atomic E-state index is 0.0459. The van der Waals surface area contributed by atoms with Crippen molar-refractivity contribution in [3.63, 3.8) is 0 Å². The second-order valence-corrected chi connectivity index (χ2v) is 4.80. The Labute approximate surface area is 88.9 Å². The minimum Gasteiger partial charge on any atom is -0.336 e. The van der Waals surface area contributed by atoms with Crippen LogP contribution in [0.1, 0.15) is 4.88 Å². The molecule has 0 spiro atoms. The molecule has 5 heteroatoms. The van der Waals surface area contributed by atoms with Gasteiger partial charge in [-0.05, 0) is 22.0 Å². The highest BCUT2D eigenvalue weighted by Gasteiger charge is 2.19. The van der Waals surface area contributed by atoms with E-state index in [1.165, 1.54) is 4.88 Å². The molecule has 2 rings (SSSR count). The molecule has 1 aromatic rings. The molecule has 2 amide bonds. The van der Waals surface area contributed by atoms with Gasteiger partial charge < -0.3 is 10.2 Å². The Bertz CT molecular complexity index is 326. The van der Waals surface area contributed by atoms with E-state index in [4.69, 9.17) is 0 Å². The summed E-state index contributed by atoms with van der Waals surface area (Å²) >= 11 is 5.06. The van der Waals surface area contributed by atoms with Gasteiger partial charge in [-0.1, -0.05) is 0 Å². The number of amides is 2. The van der Waals surface area contributed by atoms with E-state index in [-0.39, 0.29) is 6.03 Å². The van der Waals surface area contributed by atoms with Crippen molar-refractivity contribution in [2.24, 2.45) is 0 Å². The molecule has 0 aromatic carbocycles. The zero-order valence-electron chi connectivity index (χ0n) is 6.92. The standard InChI is InChI=1S/C8H9BrN2OS/c9-6-3-7(13-5-6)4-11-2-1-10-8(11)12/h3,5H,1-2,4H2,(H,10,12). The molecule has 3 nitrogen and oxygen atoms in total. The van der Waals surface area contributed by atoms with Crippen LogP contribution in [-0.2, 0) is 6.54 Å². The molecule has 13 heavy (non-hydrogen) atoms. The molecule has 1 N–H and O–H groups in total. The first-order chi connectivity index (χ1) is 6.25. The normalized spacial score (nSPS) is 16.4. The third kappa shape index (κ3) is 2.03. The van der Waals surface area contributed by atoms with Crippen molar-refractivity contribution in [3.8, 4) is 0 Å². The number of nitrogens with one attached hydrogen (secondary N) is 1. The molecular formula is C8H9BrN2OS. The molecule has 1 aliphatic rings. The molecule has 1 aromatic heterocycles. The smallest absolute Gasteiger partial charge is 0.317 e. The number of carbonyl (C=O) groups excluding carboxylic acids is 1. The van der Waals surface area contributed by atoms with Crippen LogP contribution in [0, 0.1) is 0 Å². The van der Waals surface area contributed by atoms with Gasteiger partial charge in [-0.15, -0.1) is 11.3 Å². The van der Waals surface area contributed by atoms with E-state index in [0.717, 1.165) is 24.1 Å². The van der Waals surface area contributed by atoms with Gasteiger partial charge in [0.05, 0.1) is 6.54 Å². The number of hydrogen-bond donors (Lipinski definition) is 1. The number of nitrogens with zero attached hydrogens (tertiary/aromatic N) is 1. The minimum atomic E-state index is 0.0459. The molecule has 0 aliphatic carbocycles. The van der Waals surface area contributed by atoms with Gasteiger partial charge in [0, 0.05) is 27.8 Å². The lowest BCUT2D eigenvalue weighted by atomic mass is 10.4. The lowest BCUT2D eigenvalue weighted by Gasteiger charge is -2.11. The second-order valence-electron chi connectivity index (χ2n) is 2.88. The van der Waals surface area contributed by atoms with Crippen molar-refractivity contribution in [2.45, 2.75) is 6.54 Å². The molecule has 1 aliphatic heterocycles. The predicted molar refractivity (Wildman–Crippen MR) is 55.8 cm³/mol. The number of hydrogen-bond acceptors (Lipinski definition) is 2. The summed E-state index contributed by atoms with van der Waals surface area (Å²) in [6.07, 6.45) is 0. The van der Waals surface area contributed by atoms with Crippen LogP contribution in [0.2, 0.25) is 0 Å². The van der Waals surface area contributed by atoms with Gasteiger partial charge >= 0.3 is 6.03 Å². The fraction of sp³-hybridized carbons (Fsp3) is 0.375. The molecule has 70 valence electrons. The van der Waals surface area contributed by atoms with Crippen molar-refractivity contribution in [1.29, 1.82) is 0 Å². The number of rotatable bonds is 2. The average Bonchev–Trinajstić information content (AvgIpc) is 2.64. The monoisotopic (exact) mass is 260 g/mol. The quantitative estimate of drug-likeness (QED) is 0.868. The van der Waals surface area contributed by atoms with E-state index < -0.39 is 0 Å². The number of carbonyl (C=O) groups is 1. The van der Waals surface area contributed by atoms with Crippen LogP contribution >= 0.6 is 27.3 Å². The number of halogens is 1. The van der Waals surface area contributed by atoms with E-state index in [2.05, 4.69) is 27.3 Å². The fourth-order valence-electron chi connectivity index (χ4n) is 1.29. The van der Waals surface area contributed by atoms with Crippen molar-refractivity contribution >= 4 is 33.3 Å². The highest BCUT2D eigenvalue weighted by molar-refractivity contribution is 9.10. The maximum Gasteiger partial charge on any atom is 0.317 e. The van der Waals surface area contributed by atoms with Crippen LogP contribution in [0.15, 0.2) is 15.9 Å². The fourth-order valence-corrected chi connectivity index (χ4v) is 2.75. The Morgan fingerprint density at radius 3 is 3.08 bits per heavy atom. The van der Waals surface area contributed by atoms with E-state index in [1.54, 1.807) is 11.3 Å². The molecule has 2 heterocycles. The van der Waals surface area contributed by atoms with Crippen LogP contribution in [-0.4, -0.2) is 24.0 Å². The van der Waals surface area contributed by atoms with Crippen LogP contribution < -0.4 is 5.32 Å². The lowest BCUT2D eigenvalue weighted by molar-refractivity contribution is 0.216. The van der Waals surface area contributed by atoms with Gasteiger partial charge in [-0.25, -0.2) is 4.79 Å². The number of urea groups is 1. The van der Waals surface area contributed by atoms with Crippen molar-refractivity contribution in [2.75, 3.05) is 13.1 Å². The van der Waals surface area contributed by atoms with Crippen LogP contribution in [0.3, 0.4) is 0 Å². The SMILES string of the molecule is O=C1NCCN1Cc1cc(Br)cs1. The molecule has 0 bridgehead atoms. The van der Waals surface area contributed by atoms with E-state index in [1.807, 2.05) is 10.3 Å². The molecular weight excluding hydrogens is 252 g/mol. The summed E-state index contributed by atoms with van der Waals surface area (Å²) in [6, 6.07) is 2.10. The Morgan fingerprint density at radius 2 is 2.54 bits per heavy atom. The van der Waals surface area contributed by atoms with Crippen molar-refractivity contribution in [1.82, 2.24) is 10.2 Å². The van der Waals surface area contributed by atoms with Gasteiger partial charge in [0.1, 0.15) is 0 Å². The maximum absolute atomic E-state index is 11.2. The highest BCUT2D eigenvalue weighted by atomic mass is 79.9. The summed E-state index contributed by atoms with van der Waals surface area (Å²) in [5.74, 6) is 0. The third-order valence-corrected chi connectivity index (χ3v) is 3.60. The van der Waals surface area contributed by atoms with E-state index >= 15 is 0 Å². The first-order valence-corrected chi connectivity index (χ1v) is 5.68. The van der Waals surface area contributed by atoms with Gasteiger partial charge in [0.15, 0.2) is 0 Å². The number of thiophene rings is 1. The van der Waals surface area contributed by atoms with E-state index in [0.29, 0.717) is 0 Å². The summed E-state index contributed by atoms with van der Waals surface area (Å²) in [7, 11) is 0. The van der Waals surface area contributed by atoms with Crippen LogP contribution in [0.25, 0.3) is 0 Å². The zero-order valence-corrected chi connectivity index (χ0v) is 9.32. The van der Waals surface area contributed by atoms with Crippen molar-refractivity contribution < 1.29 is 4.79 Å². The highest BCUT2D eigenvalue weighted by Crippen LogP contribution is 2.21. The summed E-state index contributed by atoms with van der Waals surface area (Å²) in [6.45, 7) is 2.31. The maximum atomic E-state index is 11.2. The van der Waals surface area contributed by atoms with Crippen LogP contribution in [0.5, 0.6) is 0 Å². The summed E-state index contributed by atoms with van der Waals surface area (Å²) in [4.78, 5) is 14.2. The third-order valence-electron chi connectivity index (χ3n) is 1.91. The van der Waals surface area contributed by atoms with Gasteiger partial charge in [-0.3, -0.25) is 0 Å². The molecule has 1 saturated heterocycles. The molecule has 0 unspecified atom stereocenters. The summed E-state index contributed by atoms with van der Waals surface area (Å²) in [5.41, 5.74) is 0. The van der Waals surface area contributed by atoms with Crippen LogP contribution in [0.4, 0.5) is 4.79 Å². The Morgan fingerprint density at radius 1 is 1.69 bits per heavy atom. The Hall–Kier alpha value is -0.550. The van der Waals surface area contributed by atoms with Gasteiger partial charge in [0.2, 0.25) is 0 Å². The van der Waals surface area contributed by atoms with Gasteiger partial charge in [-0.2, -0.15) is 0 Å². The molecule has 0 radical (unpaired) electrons. The first-order valence-electron chi connectivity index (χ1n) is 4.01. The molecule has 1 fully saturated rings. The second kappa shape index (κ2) is 3.67. The molecule has 0 atom stereocenters. The van der Waals surface area contributed by atoms with Crippen molar-refractivity contribution in [3.05, 3.63) is 20.8 Å². The summed E-state index contributed by atoms with van der Waals surface area (Å²) < 4.78 is 1.09. The largest absolute Gasteiger partial charge is 0.336 e. The Balaban J connectivity index is 2.01. The topological polar surface area (TPSA) is 32.3 Å². The first kappa shape index (κ1) is 9.02. The lowest BCUT2D eigenvalue weighted by Crippen LogP contribution is -2.27. The predicted octanol–water partition coefficient (Wildman–Crippen LogP) is 2.04. The van der Waals surface area contributed by atoms with E-state index in [9.17, 15) is 4.79 Å². The Kier molecular flexibility index (Phi) is 2.55. The summed E-state index contributed by atoms with van der Waals surface area (Å²) in [5, 5.41) is 4.81. The average molecular weight is 261 g/mol.